The van der Waals surface area contributed by atoms with Crippen molar-refractivity contribution in [1.29, 1.82) is 0 Å². The Morgan fingerprint density at radius 3 is 2.82 bits per heavy atom. The summed E-state index contributed by atoms with van der Waals surface area (Å²) in [5.41, 5.74) is 5.55. The van der Waals surface area contributed by atoms with Crippen molar-refractivity contribution in [3.63, 3.8) is 0 Å². The molecule has 96 valence electrons. The van der Waals surface area contributed by atoms with E-state index in [0.29, 0.717) is 13.2 Å². The monoisotopic (exact) mass is 259 g/mol. The summed E-state index contributed by atoms with van der Waals surface area (Å²) in [5, 5.41) is 0. The lowest BCUT2D eigenvalue weighted by Crippen LogP contribution is -2.31. The highest BCUT2D eigenvalue weighted by atomic mass is 32.2. The zero-order valence-electron chi connectivity index (χ0n) is 9.96. The van der Waals surface area contributed by atoms with Crippen molar-refractivity contribution in [2.24, 2.45) is 0 Å². The molecule has 0 fully saturated rings. The van der Waals surface area contributed by atoms with Crippen LogP contribution in [0, 0.1) is 0 Å². The molecular formula is C10H17N3O3S. The van der Waals surface area contributed by atoms with E-state index in [2.05, 4.69) is 4.98 Å². The summed E-state index contributed by atoms with van der Waals surface area (Å²) in [5.74, 6) is 0.00996. The number of sulfonamides is 1. The van der Waals surface area contributed by atoms with Crippen molar-refractivity contribution in [1.82, 2.24) is 9.29 Å². The molecule has 0 aromatic carbocycles. The molecule has 1 heterocycles. The van der Waals surface area contributed by atoms with Crippen LogP contribution in [-0.2, 0) is 14.8 Å². The Bertz CT molecular complexity index is 462. The van der Waals surface area contributed by atoms with Crippen LogP contribution in [0.2, 0.25) is 0 Å². The highest BCUT2D eigenvalue weighted by Gasteiger charge is 2.23. The predicted molar refractivity (Wildman–Crippen MR) is 65.0 cm³/mol. The van der Waals surface area contributed by atoms with Gasteiger partial charge >= 0.3 is 0 Å². The number of hydrogen-bond donors (Lipinski definition) is 1. The maximum atomic E-state index is 12.1. The Morgan fingerprint density at radius 1 is 1.53 bits per heavy atom. The van der Waals surface area contributed by atoms with Crippen LogP contribution in [0.5, 0.6) is 0 Å². The summed E-state index contributed by atoms with van der Waals surface area (Å²) in [6.45, 7) is 3.05. The van der Waals surface area contributed by atoms with Crippen molar-refractivity contribution >= 4 is 15.8 Å². The van der Waals surface area contributed by atoms with Crippen molar-refractivity contribution < 1.29 is 13.2 Å². The molecule has 7 heteroatoms. The molecule has 0 saturated carbocycles. The first kappa shape index (κ1) is 13.9. The first-order chi connectivity index (χ1) is 8.00. The maximum Gasteiger partial charge on any atom is 0.246 e. The average molecular weight is 259 g/mol. The largest absolute Gasteiger partial charge is 0.383 e. The van der Waals surface area contributed by atoms with E-state index in [1.165, 1.54) is 23.6 Å². The molecule has 0 unspecified atom stereocenters. The topological polar surface area (TPSA) is 85.5 Å². The van der Waals surface area contributed by atoms with Crippen LogP contribution >= 0.6 is 0 Å². The standard InChI is InChI=1S/C10H17N3O3S/c1-3-16-8-7-13(2)17(14,15)9-5-4-6-12-10(9)11/h4-6H,3,7-8H2,1-2H3,(H2,11,12). The Balaban J connectivity index is 2.85. The molecule has 2 N–H and O–H groups in total. The summed E-state index contributed by atoms with van der Waals surface area (Å²) < 4.78 is 30.5. The molecule has 1 aromatic rings. The van der Waals surface area contributed by atoms with Gasteiger partial charge in [0.05, 0.1) is 6.61 Å². The minimum atomic E-state index is -3.58. The molecule has 0 aliphatic rings. The maximum absolute atomic E-state index is 12.1. The SMILES string of the molecule is CCOCCN(C)S(=O)(=O)c1cccnc1N. The molecule has 0 aliphatic heterocycles. The van der Waals surface area contributed by atoms with Gasteiger partial charge < -0.3 is 10.5 Å². The highest BCUT2D eigenvalue weighted by Crippen LogP contribution is 2.18. The van der Waals surface area contributed by atoms with Crippen molar-refractivity contribution in [2.45, 2.75) is 11.8 Å². The third kappa shape index (κ3) is 3.39. The number of pyridine rings is 1. The summed E-state index contributed by atoms with van der Waals surface area (Å²) >= 11 is 0. The van der Waals surface area contributed by atoms with E-state index in [9.17, 15) is 8.42 Å². The zero-order chi connectivity index (χ0) is 12.9. The van der Waals surface area contributed by atoms with Gasteiger partial charge in [-0.1, -0.05) is 0 Å². The minimum Gasteiger partial charge on any atom is -0.383 e. The summed E-state index contributed by atoms with van der Waals surface area (Å²) in [6.07, 6.45) is 1.45. The normalized spacial score (nSPS) is 11.9. The molecule has 1 aromatic heterocycles. The smallest absolute Gasteiger partial charge is 0.246 e. The van der Waals surface area contributed by atoms with E-state index in [1.54, 1.807) is 6.07 Å². The fraction of sp³-hybridized carbons (Fsp3) is 0.500. The van der Waals surface area contributed by atoms with Gasteiger partial charge in [0, 0.05) is 26.4 Å². The fourth-order valence-corrected chi connectivity index (χ4v) is 2.46. The number of likely N-dealkylation sites (N-methyl/N-ethyl adjacent to an activating group) is 1. The third-order valence-corrected chi connectivity index (χ3v) is 4.15. The number of anilines is 1. The third-order valence-electron chi connectivity index (χ3n) is 2.24. The van der Waals surface area contributed by atoms with Crippen LogP contribution in [0.25, 0.3) is 0 Å². The molecule has 17 heavy (non-hydrogen) atoms. The van der Waals surface area contributed by atoms with Gasteiger partial charge in [0.1, 0.15) is 10.7 Å². The van der Waals surface area contributed by atoms with Gasteiger partial charge in [-0.2, -0.15) is 4.31 Å². The Kier molecular flexibility index (Phi) is 4.86. The fourth-order valence-electron chi connectivity index (χ4n) is 1.25. The van der Waals surface area contributed by atoms with E-state index in [1.807, 2.05) is 6.92 Å². The van der Waals surface area contributed by atoms with Crippen molar-refractivity contribution in [3.05, 3.63) is 18.3 Å². The Morgan fingerprint density at radius 2 is 2.24 bits per heavy atom. The van der Waals surface area contributed by atoms with Gasteiger partial charge in [-0.15, -0.1) is 0 Å². The molecule has 0 radical (unpaired) electrons. The number of nitrogens with zero attached hydrogens (tertiary/aromatic N) is 2. The Labute approximate surface area is 101 Å². The summed E-state index contributed by atoms with van der Waals surface area (Å²) in [7, 11) is -2.10. The van der Waals surface area contributed by atoms with Crippen LogP contribution < -0.4 is 5.73 Å². The molecule has 1 rings (SSSR count). The van der Waals surface area contributed by atoms with Crippen LogP contribution in [0.3, 0.4) is 0 Å². The number of rotatable bonds is 6. The van der Waals surface area contributed by atoms with E-state index in [-0.39, 0.29) is 17.3 Å². The van der Waals surface area contributed by atoms with Crippen LogP contribution in [0.4, 0.5) is 5.82 Å². The van der Waals surface area contributed by atoms with Crippen LogP contribution in [0.1, 0.15) is 6.92 Å². The molecule has 6 nitrogen and oxygen atoms in total. The first-order valence-electron chi connectivity index (χ1n) is 5.24. The van der Waals surface area contributed by atoms with Crippen LogP contribution in [0.15, 0.2) is 23.2 Å². The van der Waals surface area contributed by atoms with Gasteiger partial charge in [0.25, 0.3) is 0 Å². The zero-order valence-corrected chi connectivity index (χ0v) is 10.8. The van der Waals surface area contributed by atoms with Crippen molar-refractivity contribution in [3.8, 4) is 0 Å². The van der Waals surface area contributed by atoms with E-state index >= 15 is 0 Å². The average Bonchev–Trinajstić information content (AvgIpc) is 2.29. The number of ether oxygens (including phenoxy) is 1. The molecule has 0 amide bonds. The van der Waals surface area contributed by atoms with E-state index in [0.717, 1.165) is 0 Å². The lowest BCUT2D eigenvalue weighted by molar-refractivity contribution is 0.138. The molecule has 0 atom stereocenters. The lowest BCUT2D eigenvalue weighted by atomic mass is 10.5. The molecule has 0 spiro atoms. The number of nitrogens with two attached hydrogens (primary N) is 1. The van der Waals surface area contributed by atoms with Crippen molar-refractivity contribution in [2.75, 3.05) is 32.5 Å². The van der Waals surface area contributed by atoms with Gasteiger partial charge in [0.15, 0.2) is 0 Å². The van der Waals surface area contributed by atoms with Gasteiger partial charge in [-0.25, -0.2) is 13.4 Å². The van der Waals surface area contributed by atoms with Gasteiger partial charge in [0.2, 0.25) is 10.0 Å². The van der Waals surface area contributed by atoms with Crippen LogP contribution in [-0.4, -0.2) is 44.5 Å². The number of nitrogen functional groups attached to an aromatic ring is 1. The quantitative estimate of drug-likeness (QED) is 0.744. The van der Waals surface area contributed by atoms with E-state index in [4.69, 9.17) is 10.5 Å². The highest BCUT2D eigenvalue weighted by molar-refractivity contribution is 7.89. The molecule has 0 bridgehead atoms. The molecule has 0 aliphatic carbocycles. The summed E-state index contributed by atoms with van der Waals surface area (Å²) in [4.78, 5) is 3.79. The summed E-state index contributed by atoms with van der Waals surface area (Å²) in [6, 6.07) is 2.98. The number of hydrogen-bond acceptors (Lipinski definition) is 5. The molecule has 0 saturated heterocycles. The van der Waals surface area contributed by atoms with Gasteiger partial charge in [-0.3, -0.25) is 0 Å². The number of aromatic nitrogens is 1. The predicted octanol–water partition coefficient (Wildman–Crippen LogP) is 0.321. The second-order valence-corrected chi connectivity index (χ2v) is 5.42. The minimum absolute atomic E-state index is 0.00996. The Hall–Kier alpha value is -1.18. The second kappa shape index (κ2) is 5.95. The first-order valence-corrected chi connectivity index (χ1v) is 6.68. The second-order valence-electron chi connectivity index (χ2n) is 3.41. The van der Waals surface area contributed by atoms with Gasteiger partial charge in [-0.05, 0) is 19.1 Å². The lowest BCUT2D eigenvalue weighted by Gasteiger charge is -2.17. The van der Waals surface area contributed by atoms with E-state index < -0.39 is 10.0 Å². The molecular weight excluding hydrogens is 242 g/mol.